The van der Waals surface area contributed by atoms with E-state index in [0.717, 1.165) is 4.31 Å². The number of sulfonamides is 1. The summed E-state index contributed by atoms with van der Waals surface area (Å²) in [5.41, 5.74) is 0.343. The lowest BCUT2D eigenvalue weighted by Gasteiger charge is -2.24. The van der Waals surface area contributed by atoms with Crippen LogP contribution in [0.3, 0.4) is 0 Å². The molecule has 0 unspecified atom stereocenters. The number of hydrogen-bond acceptors (Lipinski definition) is 2. The summed E-state index contributed by atoms with van der Waals surface area (Å²) in [7, 11) is -3.96. The first-order valence-electron chi connectivity index (χ1n) is 6.31. The number of halogens is 4. The van der Waals surface area contributed by atoms with E-state index in [1.54, 1.807) is 6.07 Å². The van der Waals surface area contributed by atoms with Crippen molar-refractivity contribution >= 4 is 62.1 Å². The van der Waals surface area contributed by atoms with Gasteiger partial charge in [0.05, 0.1) is 27.3 Å². The molecule has 0 saturated carbocycles. The highest BCUT2D eigenvalue weighted by Crippen LogP contribution is 2.33. The largest absolute Gasteiger partial charge is 0.266 e. The van der Waals surface area contributed by atoms with E-state index in [0.29, 0.717) is 10.7 Å². The first-order chi connectivity index (χ1) is 10.8. The van der Waals surface area contributed by atoms with E-state index in [4.69, 9.17) is 46.4 Å². The predicted octanol–water partition coefficient (Wildman–Crippen LogP) is 5.68. The number of hydrogen-bond donors (Lipinski definition) is 0. The van der Waals surface area contributed by atoms with Gasteiger partial charge in [-0.05, 0) is 36.4 Å². The Bertz CT molecular complexity index is 853. The zero-order chi connectivity index (χ0) is 17.2. The van der Waals surface area contributed by atoms with Crippen molar-refractivity contribution in [3.05, 3.63) is 69.1 Å². The van der Waals surface area contributed by atoms with Crippen molar-refractivity contribution in [2.24, 2.45) is 0 Å². The van der Waals surface area contributed by atoms with Crippen LogP contribution >= 0.6 is 46.4 Å². The van der Waals surface area contributed by atoms with Crippen LogP contribution in [-0.2, 0) is 10.0 Å². The van der Waals surface area contributed by atoms with Crippen LogP contribution in [0, 0.1) is 0 Å². The second-order valence-electron chi connectivity index (χ2n) is 4.50. The van der Waals surface area contributed by atoms with Crippen molar-refractivity contribution in [1.82, 2.24) is 0 Å². The Morgan fingerprint density at radius 2 is 1.61 bits per heavy atom. The van der Waals surface area contributed by atoms with E-state index in [1.807, 2.05) is 0 Å². The van der Waals surface area contributed by atoms with Crippen molar-refractivity contribution in [2.45, 2.75) is 4.90 Å². The number of nitrogens with zero attached hydrogens (tertiary/aromatic N) is 1. The highest BCUT2D eigenvalue weighted by atomic mass is 35.5. The summed E-state index contributed by atoms with van der Waals surface area (Å²) in [6.07, 6.45) is 1.46. The smallest absolute Gasteiger partial charge is 0.262 e. The third-order valence-electron chi connectivity index (χ3n) is 2.95. The molecule has 0 aliphatic carbocycles. The summed E-state index contributed by atoms with van der Waals surface area (Å²) in [5.74, 6) is 0. The number of rotatable bonds is 5. The van der Waals surface area contributed by atoms with Crippen LogP contribution in [0.25, 0.3) is 0 Å². The molecule has 0 aliphatic heterocycles. The molecule has 0 atom stereocenters. The molecule has 3 nitrogen and oxygen atoms in total. The van der Waals surface area contributed by atoms with Gasteiger partial charge in [0.1, 0.15) is 4.90 Å². The van der Waals surface area contributed by atoms with Crippen LogP contribution in [-0.4, -0.2) is 15.0 Å². The molecule has 0 amide bonds. The molecule has 122 valence electrons. The van der Waals surface area contributed by atoms with Crippen LogP contribution in [0.2, 0.25) is 20.1 Å². The first-order valence-corrected chi connectivity index (χ1v) is 9.26. The second-order valence-corrected chi connectivity index (χ2v) is 7.99. The summed E-state index contributed by atoms with van der Waals surface area (Å²) >= 11 is 23.8. The Balaban J connectivity index is 2.61. The molecule has 2 aromatic carbocycles. The van der Waals surface area contributed by atoms with Gasteiger partial charge in [-0.3, -0.25) is 4.31 Å². The Hall–Kier alpha value is -0.910. The lowest BCUT2D eigenvalue weighted by Crippen LogP contribution is -2.31. The third-order valence-corrected chi connectivity index (χ3v) is 6.20. The molecular weight excluding hydrogens is 400 g/mol. The summed E-state index contributed by atoms with van der Waals surface area (Å²) < 4.78 is 27.0. The minimum absolute atomic E-state index is 0.0309. The minimum Gasteiger partial charge on any atom is -0.262 e. The Morgan fingerprint density at radius 1 is 0.957 bits per heavy atom. The number of benzene rings is 2. The molecular formula is C15H11Cl4NO2S. The van der Waals surface area contributed by atoms with Gasteiger partial charge in [0.15, 0.2) is 0 Å². The van der Waals surface area contributed by atoms with Crippen molar-refractivity contribution in [3.8, 4) is 0 Å². The van der Waals surface area contributed by atoms with Crippen LogP contribution in [0.4, 0.5) is 5.69 Å². The third kappa shape index (κ3) is 3.95. The standard InChI is InChI=1S/C15H11Cl4NO2S/c1-2-7-20(11-4-6-12(17)14(19)9-11)23(21,22)15-8-10(16)3-5-13(15)18/h2-6,8-9H,1,7H2. The highest BCUT2D eigenvalue weighted by molar-refractivity contribution is 7.93. The quantitative estimate of drug-likeness (QED) is 0.594. The first kappa shape index (κ1) is 18.4. The lowest BCUT2D eigenvalue weighted by atomic mass is 10.3. The molecule has 0 radical (unpaired) electrons. The SMILES string of the molecule is C=CCN(c1ccc(Cl)c(Cl)c1)S(=O)(=O)c1cc(Cl)ccc1Cl. The van der Waals surface area contributed by atoms with Crippen LogP contribution < -0.4 is 4.31 Å². The van der Waals surface area contributed by atoms with Gasteiger partial charge in [-0.2, -0.15) is 0 Å². The van der Waals surface area contributed by atoms with Gasteiger partial charge in [-0.15, -0.1) is 6.58 Å². The van der Waals surface area contributed by atoms with Gasteiger partial charge in [0.2, 0.25) is 0 Å². The molecule has 0 aliphatic rings. The van der Waals surface area contributed by atoms with Crippen molar-refractivity contribution in [2.75, 3.05) is 10.8 Å². The summed E-state index contributed by atoms with van der Waals surface area (Å²) in [5, 5.41) is 0.905. The lowest BCUT2D eigenvalue weighted by molar-refractivity contribution is 0.593. The molecule has 0 spiro atoms. The van der Waals surface area contributed by atoms with E-state index in [9.17, 15) is 8.42 Å². The molecule has 23 heavy (non-hydrogen) atoms. The van der Waals surface area contributed by atoms with Gasteiger partial charge in [-0.25, -0.2) is 8.42 Å². The van der Waals surface area contributed by atoms with Crippen molar-refractivity contribution < 1.29 is 8.42 Å². The van der Waals surface area contributed by atoms with Gasteiger partial charge in [-0.1, -0.05) is 52.5 Å². The molecule has 0 bridgehead atoms. The van der Waals surface area contributed by atoms with Crippen LogP contribution in [0.1, 0.15) is 0 Å². The summed E-state index contributed by atoms with van der Waals surface area (Å²) in [4.78, 5) is -0.0976. The molecule has 0 fully saturated rings. The van der Waals surface area contributed by atoms with Crippen molar-refractivity contribution in [3.63, 3.8) is 0 Å². The van der Waals surface area contributed by atoms with Crippen LogP contribution in [0.5, 0.6) is 0 Å². The Labute approximate surface area is 155 Å². The maximum atomic E-state index is 13.0. The molecule has 8 heteroatoms. The maximum absolute atomic E-state index is 13.0. The van der Waals surface area contributed by atoms with E-state index in [-0.39, 0.29) is 26.5 Å². The highest BCUT2D eigenvalue weighted by Gasteiger charge is 2.27. The summed E-state index contributed by atoms with van der Waals surface area (Å²) in [6.45, 7) is 3.62. The predicted molar refractivity (Wildman–Crippen MR) is 97.7 cm³/mol. The summed E-state index contributed by atoms with van der Waals surface area (Å²) in [6, 6.07) is 8.77. The normalized spacial score (nSPS) is 11.3. The molecule has 2 aromatic rings. The van der Waals surface area contributed by atoms with Gasteiger partial charge in [0.25, 0.3) is 10.0 Å². The maximum Gasteiger partial charge on any atom is 0.266 e. The van der Waals surface area contributed by atoms with E-state index in [1.165, 1.54) is 36.4 Å². The molecule has 0 aromatic heterocycles. The van der Waals surface area contributed by atoms with E-state index in [2.05, 4.69) is 6.58 Å². The monoisotopic (exact) mass is 409 g/mol. The average Bonchev–Trinajstić information content (AvgIpc) is 2.50. The minimum atomic E-state index is -3.96. The fourth-order valence-electron chi connectivity index (χ4n) is 1.89. The molecule has 0 heterocycles. The van der Waals surface area contributed by atoms with Gasteiger partial charge >= 0.3 is 0 Å². The Kier molecular flexibility index (Phi) is 5.87. The number of anilines is 1. The second kappa shape index (κ2) is 7.32. The van der Waals surface area contributed by atoms with Gasteiger partial charge < -0.3 is 0 Å². The topological polar surface area (TPSA) is 37.4 Å². The van der Waals surface area contributed by atoms with Crippen LogP contribution in [0.15, 0.2) is 53.9 Å². The zero-order valence-corrected chi connectivity index (χ0v) is 15.5. The fraction of sp³-hybridized carbons (Fsp3) is 0.0667. The Morgan fingerprint density at radius 3 is 2.22 bits per heavy atom. The van der Waals surface area contributed by atoms with Gasteiger partial charge in [0, 0.05) is 5.02 Å². The zero-order valence-electron chi connectivity index (χ0n) is 11.6. The van der Waals surface area contributed by atoms with E-state index >= 15 is 0 Å². The van der Waals surface area contributed by atoms with E-state index < -0.39 is 10.0 Å². The molecule has 0 N–H and O–H groups in total. The molecule has 2 rings (SSSR count). The molecule has 0 saturated heterocycles. The van der Waals surface area contributed by atoms with Crippen molar-refractivity contribution in [1.29, 1.82) is 0 Å². The average molecular weight is 411 g/mol. The fourth-order valence-corrected chi connectivity index (χ4v) is 4.35.